The first-order valence-electron chi connectivity index (χ1n) is 20.6. The molecular formula is C43H72NO10P. The highest BCUT2D eigenvalue weighted by Crippen LogP contribution is 2.43. The molecule has 0 bridgehead atoms. The fourth-order valence-corrected chi connectivity index (χ4v) is 6.42. The normalized spacial score (nSPS) is 13.8. The lowest BCUT2D eigenvalue weighted by molar-refractivity contribution is -0.161. The Kier molecular flexibility index (Phi) is 30.5. The molecule has 2 atom stereocenters. The molecule has 55 heavy (non-hydrogen) atoms. The summed E-state index contributed by atoms with van der Waals surface area (Å²) in [5.74, 6) is 1.27. The lowest BCUT2D eigenvalue weighted by atomic mass is 10.0. The number of rotatable bonds is 35. The van der Waals surface area contributed by atoms with Crippen molar-refractivity contribution in [3.05, 3.63) is 71.3 Å². The third kappa shape index (κ3) is 27.5. The minimum absolute atomic E-state index is 0.0315. The van der Waals surface area contributed by atoms with Gasteiger partial charge in [0.25, 0.3) is 0 Å². The number of phosphoric acid groups is 1. The fourth-order valence-electron chi connectivity index (χ4n) is 5.65. The number of phosphoric ester groups is 1. The number of aryl methyl sites for hydroxylation is 2. The van der Waals surface area contributed by atoms with Gasteiger partial charge in [-0.15, -0.1) is 0 Å². The number of ether oxygens (including phenoxy) is 2. The molecule has 1 aromatic rings. The van der Waals surface area contributed by atoms with Crippen LogP contribution < -0.4 is 5.73 Å². The fraction of sp³-hybridized carbons (Fsp3) is 0.674. The van der Waals surface area contributed by atoms with E-state index in [1.807, 2.05) is 6.08 Å². The Bertz CT molecular complexity index is 1320. The number of hydrogen-bond donors (Lipinski definition) is 3. The Labute approximate surface area is 331 Å². The van der Waals surface area contributed by atoms with Gasteiger partial charge < -0.3 is 29.6 Å². The zero-order valence-electron chi connectivity index (χ0n) is 34.1. The summed E-state index contributed by atoms with van der Waals surface area (Å²) in [6.07, 6.45) is 33.1. The monoisotopic (exact) mass is 793 g/mol. The minimum atomic E-state index is -4.41. The van der Waals surface area contributed by atoms with Crippen LogP contribution in [0.3, 0.4) is 0 Å². The first kappa shape index (κ1) is 50.2. The van der Waals surface area contributed by atoms with Gasteiger partial charge in [0.15, 0.2) is 6.10 Å². The summed E-state index contributed by atoms with van der Waals surface area (Å²) in [4.78, 5) is 34.9. The van der Waals surface area contributed by atoms with E-state index < -0.39 is 32.5 Å². The van der Waals surface area contributed by atoms with Crippen LogP contribution in [-0.4, -0.2) is 61.0 Å². The van der Waals surface area contributed by atoms with Gasteiger partial charge in [-0.05, 0) is 95.6 Å². The first-order chi connectivity index (χ1) is 26.6. The Morgan fingerprint density at radius 2 is 1.25 bits per heavy atom. The Morgan fingerprint density at radius 1 is 0.709 bits per heavy atom. The van der Waals surface area contributed by atoms with Gasteiger partial charge in [-0.25, -0.2) is 4.57 Å². The van der Waals surface area contributed by atoms with Crippen LogP contribution >= 0.6 is 7.82 Å². The number of nitrogens with two attached hydrogens (primary N) is 1. The first-order valence-corrected chi connectivity index (χ1v) is 22.1. The second-order valence-electron chi connectivity index (χ2n) is 13.8. The average molecular weight is 794 g/mol. The quantitative estimate of drug-likeness (QED) is 0.0259. The maximum Gasteiger partial charge on any atom is 0.472 e. The Balaban J connectivity index is 2.32. The number of aliphatic hydroxyl groups is 1. The van der Waals surface area contributed by atoms with Crippen molar-refractivity contribution in [3.63, 3.8) is 0 Å². The van der Waals surface area contributed by atoms with Crippen LogP contribution in [0.1, 0.15) is 145 Å². The highest BCUT2D eigenvalue weighted by molar-refractivity contribution is 7.47. The SMILES string of the molecule is CCCc1oc(CCCCCCCCC(=O)O[C@H](COC(=O)CCC/C=C\C/C=C\C/C=C\C/C=C\CCCCCO)COP(=O)(O)OCCN)c(C)c1C. The van der Waals surface area contributed by atoms with E-state index in [-0.39, 0.29) is 39.2 Å². The van der Waals surface area contributed by atoms with Crippen molar-refractivity contribution in [3.8, 4) is 0 Å². The predicted octanol–water partition coefficient (Wildman–Crippen LogP) is 9.79. The summed E-state index contributed by atoms with van der Waals surface area (Å²) in [7, 11) is -4.41. The average Bonchev–Trinajstić information content (AvgIpc) is 3.43. The van der Waals surface area contributed by atoms with Gasteiger partial charge >= 0.3 is 19.8 Å². The summed E-state index contributed by atoms with van der Waals surface area (Å²) >= 11 is 0. The molecule has 0 spiro atoms. The van der Waals surface area contributed by atoms with Crippen molar-refractivity contribution in [2.45, 2.75) is 155 Å². The van der Waals surface area contributed by atoms with Gasteiger partial charge in [0.2, 0.25) is 0 Å². The summed E-state index contributed by atoms with van der Waals surface area (Å²) < 4.78 is 38.8. The van der Waals surface area contributed by atoms with E-state index in [0.29, 0.717) is 19.3 Å². The number of carbonyl (C=O) groups is 2. The molecule has 0 aliphatic rings. The topological polar surface area (TPSA) is 168 Å². The van der Waals surface area contributed by atoms with E-state index in [2.05, 4.69) is 63.3 Å². The molecule has 1 aromatic heterocycles. The standard InChI is InChI=1S/C43H72NO10P/c1-4-28-40-37(2)38(3)41(54-40)29-24-20-17-18-22-26-31-43(47)53-39(36-52-55(48,49)51-34-32-44)35-50-42(46)30-25-21-16-14-12-10-8-6-5-7-9-11-13-15-19-23-27-33-45/h5,7-8,10-11,13-14,16,39,45H,4,6,9,12,15,17-36,44H2,1-3H3,(H,48,49)/b7-5-,10-8-,13-11-,16-14-/t39-/m1/s1. The van der Waals surface area contributed by atoms with Crippen LogP contribution in [-0.2, 0) is 45.5 Å². The van der Waals surface area contributed by atoms with Gasteiger partial charge in [-0.1, -0.05) is 87.6 Å². The van der Waals surface area contributed by atoms with E-state index in [9.17, 15) is 19.0 Å². The summed E-state index contributed by atoms with van der Waals surface area (Å²) in [5, 5.41) is 8.79. The Hall–Kier alpha value is -2.79. The van der Waals surface area contributed by atoms with Gasteiger partial charge in [0.05, 0.1) is 13.2 Å². The van der Waals surface area contributed by atoms with E-state index in [4.69, 9.17) is 33.8 Å². The molecule has 0 aliphatic heterocycles. The summed E-state index contributed by atoms with van der Waals surface area (Å²) in [6, 6.07) is 0. The molecule has 314 valence electrons. The van der Waals surface area contributed by atoms with E-state index >= 15 is 0 Å². The van der Waals surface area contributed by atoms with Crippen molar-refractivity contribution < 1.29 is 47.1 Å². The summed E-state index contributed by atoms with van der Waals surface area (Å²) in [6.45, 7) is 5.80. The lowest BCUT2D eigenvalue weighted by Crippen LogP contribution is -2.29. The summed E-state index contributed by atoms with van der Waals surface area (Å²) in [5.41, 5.74) is 7.89. The van der Waals surface area contributed by atoms with E-state index in [0.717, 1.165) is 108 Å². The lowest BCUT2D eigenvalue weighted by Gasteiger charge is -2.19. The zero-order valence-corrected chi connectivity index (χ0v) is 35.0. The van der Waals surface area contributed by atoms with Crippen LogP contribution in [0.25, 0.3) is 0 Å². The molecule has 4 N–H and O–H groups in total. The maximum atomic E-state index is 12.6. The molecule has 0 fully saturated rings. The van der Waals surface area contributed by atoms with Crippen molar-refractivity contribution in [2.24, 2.45) is 5.73 Å². The van der Waals surface area contributed by atoms with Crippen LogP contribution in [0.4, 0.5) is 0 Å². The Morgan fingerprint density at radius 3 is 1.87 bits per heavy atom. The number of hydrogen-bond acceptors (Lipinski definition) is 10. The third-order valence-electron chi connectivity index (χ3n) is 8.95. The smallest absolute Gasteiger partial charge is 0.466 e. The highest BCUT2D eigenvalue weighted by Gasteiger charge is 2.26. The molecule has 12 heteroatoms. The minimum Gasteiger partial charge on any atom is -0.466 e. The van der Waals surface area contributed by atoms with Crippen molar-refractivity contribution in [1.82, 2.24) is 0 Å². The molecule has 1 unspecified atom stereocenters. The molecule has 0 amide bonds. The van der Waals surface area contributed by atoms with Gasteiger partial charge in [-0.3, -0.25) is 18.6 Å². The number of esters is 2. The molecule has 11 nitrogen and oxygen atoms in total. The molecule has 0 saturated heterocycles. The maximum absolute atomic E-state index is 12.6. The number of unbranched alkanes of at least 4 members (excludes halogenated alkanes) is 9. The molecule has 1 heterocycles. The molecule has 0 radical (unpaired) electrons. The highest BCUT2D eigenvalue weighted by atomic mass is 31.2. The van der Waals surface area contributed by atoms with E-state index in [1.165, 1.54) is 11.1 Å². The van der Waals surface area contributed by atoms with Crippen LogP contribution in [0, 0.1) is 13.8 Å². The van der Waals surface area contributed by atoms with Crippen molar-refractivity contribution in [1.29, 1.82) is 0 Å². The third-order valence-corrected chi connectivity index (χ3v) is 9.93. The number of carbonyl (C=O) groups excluding carboxylic acids is 2. The largest absolute Gasteiger partial charge is 0.472 e. The number of allylic oxidation sites excluding steroid dienone is 8. The van der Waals surface area contributed by atoms with Crippen LogP contribution in [0.2, 0.25) is 0 Å². The van der Waals surface area contributed by atoms with Gasteiger partial charge in [0.1, 0.15) is 18.1 Å². The van der Waals surface area contributed by atoms with Crippen LogP contribution in [0.15, 0.2) is 53.0 Å². The molecular weight excluding hydrogens is 721 g/mol. The second-order valence-corrected chi connectivity index (χ2v) is 15.3. The van der Waals surface area contributed by atoms with Crippen molar-refractivity contribution in [2.75, 3.05) is 33.0 Å². The van der Waals surface area contributed by atoms with Crippen LogP contribution in [0.5, 0.6) is 0 Å². The van der Waals surface area contributed by atoms with Gasteiger partial charge in [-0.2, -0.15) is 0 Å². The second kappa shape index (κ2) is 33.4. The zero-order chi connectivity index (χ0) is 40.4. The van der Waals surface area contributed by atoms with Gasteiger partial charge in [0, 0.05) is 38.8 Å². The van der Waals surface area contributed by atoms with E-state index in [1.54, 1.807) is 0 Å². The number of furan rings is 1. The molecule has 0 aromatic carbocycles. The molecule has 1 rings (SSSR count). The van der Waals surface area contributed by atoms with Crippen molar-refractivity contribution >= 4 is 19.8 Å². The number of aliphatic hydroxyl groups excluding tert-OH is 1. The molecule has 0 aliphatic carbocycles. The molecule has 0 saturated carbocycles. The predicted molar refractivity (Wildman–Crippen MR) is 220 cm³/mol.